The highest BCUT2D eigenvalue weighted by molar-refractivity contribution is 8.69. The van der Waals surface area contributed by atoms with E-state index in [0.29, 0.717) is 17.8 Å². The fraction of sp³-hybridized carbons (Fsp3) is 0.900. The molecule has 0 aromatic heterocycles. The third kappa shape index (κ3) is 8.57. The zero-order valence-electron chi connectivity index (χ0n) is 10.8. The van der Waals surface area contributed by atoms with Crippen LogP contribution in [0.1, 0.15) is 34.6 Å². The van der Waals surface area contributed by atoms with E-state index < -0.39 is 5.62 Å². The molecule has 0 heterocycles. The van der Waals surface area contributed by atoms with Crippen LogP contribution >= 0.6 is 17.0 Å². The van der Waals surface area contributed by atoms with Crippen LogP contribution in [0.4, 0.5) is 0 Å². The molecule has 0 aromatic rings. The molecule has 0 aromatic carbocycles. The molecular formula is C10H23N2OPS2. The van der Waals surface area contributed by atoms with Gasteiger partial charge in [-0.05, 0) is 24.6 Å². The summed E-state index contributed by atoms with van der Waals surface area (Å²) in [4.78, 5) is 4.28. The fourth-order valence-electron chi connectivity index (χ4n) is 0.921. The van der Waals surface area contributed by atoms with Gasteiger partial charge >= 0.3 is 0 Å². The quantitative estimate of drug-likeness (QED) is 0.418. The van der Waals surface area contributed by atoms with Crippen molar-refractivity contribution < 1.29 is 4.52 Å². The minimum atomic E-state index is -1.98. The van der Waals surface area contributed by atoms with Crippen LogP contribution < -0.4 is 5.09 Å². The molecule has 0 saturated carbocycles. The minimum Gasteiger partial charge on any atom is -0.327 e. The minimum absolute atomic E-state index is 0.461. The van der Waals surface area contributed by atoms with E-state index in [1.807, 2.05) is 6.92 Å². The van der Waals surface area contributed by atoms with Gasteiger partial charge in [-0.25, -0.2) is 0 Å². The average Bonchev–Trinajstić information content (AvgIpc) is 2.11. The van der Waals surface area contributed by atoms with Crippen molar-refractivity contribution in [2.75, 3.05) is 13.2 Å². The van der Waals surface area contributed by atoms with Crippen molar-refractivity contribution in [3.63, 3.8) is 0 Å². The van der Waals surface area contributed by atoms with Gasteiger partial charge in [-0.1, -0.05) is 39.1 Å². The second-order valence-electron chi connectivity index (χ2n) is 4.09. The molecule has 1 N–H and O–H groups in total. The normalized spacial score (nSPS) is 15.9. The monoisotopic (exact) mass is 282 g/mol. The van der Waals surface area contributed by atoms with Crippen LogP contribution in [0.3, 0.4) is 0 Å². The maximum absolute atomic E-state index is 5.63. The maximum atomic E-state index is 5.63. The summed E-state index contributed by atoms with van der Waals surface area (Å²) in [5.74, 6) is 0.570. The van der Waals surface area contributed by atoms with Gasteiger partial charge in [0.25, 0.3) is 0 Å². The van der Waals surface area contributed by atoms with Crippen LogP contribution in [0.2, 0.25) is 0 Å². The Morgan fingerprint density at radius 3 is 2.50 bits per heavy atom. The molecule has 16 heavy (non-hydrogen) atoms. The largest absolute Gasteiger partial charge is 0.327 e. The molecule has 0 amide bonds. The van der Waals surface area contributed by atoms with Crippen molar-refractivity contribution in [2.24, 2.45) is 10.9 Å². The number of nitrogens with one attached hydrogen (secondary N) is 1. The second-order valence-corrected chi connectivity index (χ2v) is 11.2. The Morgan fingerprint density at radius 2 is 2.06 bits per heavy atom. The number of rotatable bonds is 8. The Kier molecular flexibility index (Phi) is 8.74. The van der Waals surface area contributed by atoms with Crippen molar-refractivity contribution in [1.29, 1.82) is 0 Å². The van der Waals surface area contributed by atoms with Gasteiger partial charge in [0.2, 0.25) is 5.62 Å². The third-order valence-electron chi connectivity index (χ3n) is 1.43. The topological polar surface area (TPSA) is 33.6 Å². The van der Waals surface area contributed by atoms with Gasteiger partial charge in [0.1, 0.15) is 0 Å². The van der Waals surface area contributed by atoms with Crippen molar-refractivity contribution >= 4 is 35.1 Å². The van der Waals surface area contributed by atoms with Gasteiger partial charge in [0.15, 0.2) is 0 Å². The summed E-state index contributed by atoms with van der Waals surface area (Å²) < 4.78 is 5.63. The first-order valence-electron chi connectivity index (χ1n) is 5.58. The van der Waals surface area contributed by atoms with Crippen LogP contribution in [-0.4, -0.2) is 24.7 Å². The Hall–Kier alpha value is 0.430. The lowest BCUT2D eigenvalue weighted by molar-refractivity contribution is 0.383. The standard InChI is InChI=1S/C10H23N2OPS2/c1-6-13-14(15,16-10(4)5)12-8-11-7-9(2)3/h8-10H,6-7H2,1-5H3,(H,11,12,15). The van der Waals surface area contributed by atoms with Gasteiger partial charge in [0, 0.05) is 11.8 Å². The number of hydrogen-bond donors (Lipinski definition) is 1. The summed E-state index contributed by atoms with van der Waals surface area (Å²) >= 11 is 7.19. The third-order valence-corrected chi connectivity index (χ3v) is 7.29. The molecule has 0 spiro atoms. The first-order valence-corrected chi connectivity index (χ1v) is 9.79. The predicted molar refractivity (Wildman–Crippen MR) is 80.0 cm³/mol. The Bertz CT molecular complexity index is 257. The van der Waals surface area contributed by atoms with E-state index in [9.17, 15) is 0 Å². The Labute approximate surface area is 109 Å². The molecule has 0 aliphatic heterocycles. The van der Waals surface area contributed by atoms with Crippen LogP contribution in [0.15, 0.2) is 4.99 Å². The van der Waals surface area contributed by atoms with Crippen molar-refractivity contribution in [2.45, 2.75) is 39.9 Å². The zero-order chi connectivity index (χ0) is 12.6. The molecular weight excluding hydrogens is 259 g/mol. The summed E-state index contributed by atoms with van der Waals surface area (Å²) in [5.41, 5.74) is -1.98. The van der Waals surface area contributed by atoms with Gasteiger partial charge < -0.3 is 9.61 Å². The zero-order valence-corrected chi connectivity index (χ0v) is 13.3. The molecule has 0 aliphatic carbocycles. The predicted octanol–water partition coefficient (Wildman–Crippen LogP) is 3.66. The van der Waals surface area contributed by atoms with E-state index >= 15 is 0 Å². The molecule has 0 bridgehead atoms. The molecule has 0 saturated heterocycles. The highest BCUT2D eigenvalue weighted by Crippen LogP contribution is 2.57. The molecule has 1 atom stereocenters. The van der Waals surface area contributed by atoms with E-state index in [1.54, 1.807) is 17.7 Å². The molecule has 0 fully saturated rings. The molecule has 0 aliphatic rings. The number of nitrogens with zero attached hydrogens (tertiary/aromatic N) is 1. The van der Waals surface area contributed by atoms with Gasteiger partial charge in [-0.15, -0.1) is 0 Å². The molecule has 0 radical (unpaired) electrons. The lowest BCUT2D eigenvalue weighted by Crippen LogP contribution is -2.10. The van der Waals surface area contributed by atoms with Gasteiger partial charge in [-0.3, -0.25) is 4.99 Å². The highest BCUT2D eigenvalue weighted by atomic mass is 32.9. The van der Waals surface area contributed by atoms with E-state index in [2.05, 4.69) is 37.8 Å². The van der Waals surface area contributed by atoms with E-state index in [-0.39, 0.29) is 0 Å². The van der Waals surface area contributed by atoms with E-state index in [1.165, 1.54) is 0 Å². The summed E-state index contributed by atoms with van der Waals surface area (Å²) in [6.07, 6.45) is 1.71. The summed E-state index contributed by atoms with van der Waals surface area (Å²) in [6.45, 7) is 11.9. The molecule has 0 rings (SSSR count). The number of hydrogen-bond acceptors (Lipinski definition) is 4. The van der Waals surface area contributed by atoms with Crippen LogP contribution in [0, 0.1) is 5.92 Å². The average molecular weight is 282 g/mol. The molecule has 1 unspecified atom stereocenters. The lowest BCUT2D eigenvalue weighted by Gasteiger charge is -2.22. The second kappa shape index (κ2) is 8.51. The first-order chi connectivity index (χ1) is 7.39. The van der Waals surface area contributed by atoms with Crippen molar-refractivity contribution in [3.05, 3.63) is 0 Å². The lowest BCUT2D eigenvalue weighted by atomic mass is 10.2. The van der Waals surface area contributed by atoms with Gasteiger partial charge in [0.05, 0.1) is 12.9 Å². The summed E-state index contributed by atoms with van der Waals surface area (Å²) in [5, 5.41) is 3.62. The van der Waals surface area contributed by atoms with Crippen LogP contribution in [0.5, 0.6) is 0 Å². The molecule has 96 valence electrons. The number of aliphatic imine (C=N–C) groups is 1. The van der Waals surface area contributed by atoms with Crippen LogP contribution in [-0.2, 0) is 16.3 Å². The molecule has 3 nitrogen and oxygen atoms in total. The van der Waals surface area contributed by atoms with Crippen LogP contribution in [0.25, 0.3) is 0 Å². The van der Waals surface area contributed by atoms with Crippen molar-refractivity contribution in [3.8, 4) is 0 Å². The summed E-state index contributed by atoms with van der Waals surface area (Å²) in [6, 6.07) is 0. The Balaban J connectivity index is 4.22. The van der Waals surface area contributed by atoms with E-state index in [0.717, 1.165) is 6.54 Å². The fourth-order valence-corrected chi connectivity index (χ4v) is 6.73. The van der Waals surface area contributed by atoms with E-state index in [4.69, 9.17) is 16.3 Å². The summed E-state index contributed by atoms with van der Waals surface area (Å²) in [7, 11) is 0. The molecule has 6 heteroatoms. The smallest absolute Gasteiger partial charge is 0.211 e. The Morgan fingerprint density at radius 1 is 1.44 bits per heavy atom. The maximum Gasteiger partial charge on any atom is 0.211 e. The highest BCUT2D eigenvalue weighted by Gasteiger charge is 2.18. The van der Waals surface area contributed by atoms with Crippen molar-refractivity contribution in [1.82, 2.24) is 5.09 Å². The SMILES string of the molecule is CCOP(=S)(NC=NCC(C)C)SC(C)C. The first kappa shape index (κ1) is 16.4. The van der Waals surface area contributed by atoms with Gasteiger partial charge in [-0.2, -0.15) is 0 Å².